The zero-order valence-corrected chi connectivity index (χ0v) is 13.2. The second kappa shape index (κ2) is 5.03. The molecule has 9 heteroatoms. The molecule has 0 saturated carbocycles. The standard InChI is InChI=1S/C15H13N3O5S/c16-9-1-3-12-11(7-9)17-15(19)18(12)24(20,21)10-2-4-13-14(8-10)23-6-5-22-13/h1-4,7-8H,5-6,16H2,(H,17,19). The number of aromatic nitrogens is 2. The van der Waals surface area contributed by atoms with Crippen molar-refractivity contribution in [3.63, 3.8) is 0 Å². The summed E-state index contributed by atoms with van der Waals surface area (Å²) >= 11 is 0. The van der Waals surface area contributed by atoms with Crippen molar-refractivity contribution < 1.29 is 17.9 Å². The average molecular weight is 347 g/mol. The molecule has 0 saturated heterocycles. The fourth-order valence-corrected chi connectivity index (χ4v) is 4.02. The van der Waals surface area contributed by atoms with Gasteiger partial charge in [-0.25, -0.2) is 13.2 Å². The molecule has 0 radical (unpaired) electrons. The summed E-state index contributed by atoms with van der Waals surface area (Å²) < 4.78 is 37.3. The van der Waals surface area contributed by atoms with Crippen molar-refractivity contribution in [2.75, 3.05) is 18.9 Å². The predicted octanol–water partition coefficient (Wildman–Crippen LogP) is 0.920. The van der Waals surface area contributed by atoms with Crippen molar-refractivity contribution in [3.05, 3.63) is 46.9 Å². The first-order valence-corrected chi connectivity index (χ1v) is 8.56. The van der Waals surface area contributed by atoms with E-state index in [9.17, 15) is 13.2 Å². The number of aromatic amines is 1. The number of nitrogen functional groups attached to an aromatic ring is 1. The summed E-state index contributed by atoms with van der Waals surface area (Å²) in [5.41, 5.74) is 5.91. The topological polar surface area (TPSA) is 116 Å². The molecule has 124 valence electrons. The number of hydrogen-bond donors (Lipinski definition) is 2. The van der Waals surface area contributed by atoms with Gasteiger partial charge in [-0.1, -0.05) is 0 Å². The van der Waals surface area contributed by atoms with Gasteiger partial charge < -0.3 is 20.2 Å². The Kier molecular flexibility index (Phi) is 3.07. The van der Waals surface area contributed by atoms with Crippen molar-refractivity contribution in [2.24, 2.45) is 0 Å². The van der Waals surface area contributed by atoms with Crippen molar-refractivity contribution in [1.29, 1.82) is 0 Å². The van der Waals surface area contributed by atoms with E-state index in [4.69, 9.17) is 15.2 Å². The number of anilines is 1. The van der Waals surface area contributed by atoms with Crippen LogP contribution in [0.1, 0.15) is 0 Å². The number of imidazole rings is 1. The fourth-order valence-electron chi connectivity index (χ4n) is 2.63. The van der Waals surface area contributed by atoms with E-state index in [1.165, 1.54) is 36.4 Å². The first kappa shape index (κ1) is 14.6. The van der Waals surface area contributed by atoms with Crippen LogP contribution in [-0.2, 0) is 10.0 Å². The molecule has 0 bridgehead atoms. The Labute approximate surface area is 136 Å². The van der Waals surface area contributed by atoms with Gasteiger partial charge in [-0.3, -0.25) is 0 Å². The average Bonchev–Trinajstić information content (AvgIpc) is 2.89. The van der Waals surface area contributed by atoms with Crippen molar-refractivity contribution in [1.82, 2.24) is 8.96 Å². The molecule has 0 atom stereocenters. The lowest BCUT2D eigenvalue weighted by Gasteiger charge is -2.18. The number of hydrogen-bond acceptors (Lipinski definition) is 6. The van der Waals surface area contributed by atoms with E-state index in [1.807, 2.05) is 0 Å². The largest absolute Gasteiger partial charge is 0.486 e. The predicted molar refractivity (Wildman–Crippen MR) is 87.0 cm³/mol. The molecule has 3 N–H and O–H groups in total. The van der Waals surface area contributed by atoms with Crippen LogP contribution >= 0.6 is 0 Å². The second-order valence-corrected chi connectivity index (χ2v) is 7.07. The second-order valence-electron chi connectivity index (χ2n) is 5.28. The maximum atomic E-state index is 12.9. The van der Waals surface area contributed by atoms with Gasteiger partial charge in [0.05, 0.1) is 15.9 Å². The van der Waals surface area contributed by atoms with Gasteiger partial charge >= 0.3 is 5.69 Å². The number of nitrogens with one attached hydrogen (secondary N) is 1. The molecule has 1 aromatic heterocycles. The van der Waals surface area contributed by atoms with Crippen LogP contribution in [0.5, 0.6) is 11.5 Å². The monoisotopic (exact) mass is 347 g/mol. The van der Waals surface area contributed by atoms with Gasteiger partial charge in [-0.15, -0.1) is 0 Å². The summed E-state index contributed by atoms with van der Waals surface area (Å²) in [4.78, 5) is 14.6. The highest BCUT2D eigenvalue weighted by Crippen LogP contribution is 2.33. The van der Waals surface area contributed by atoms with E-state index in [-0.39, 0.29) is 10.4 Å². The Morgan fingerprint density at radius 1 is 1.04 bits per heavy atom. The minimum Gasteiger partial charge on any atom is -0.486 e. The van der Waals surface area contributed by atoms with Gasteiger partial charge in [0, 0.05) is 11.8 Å². The SMILES string of the molecule is Nc1ccc2c(c1)[nH]c(=O)n2S(=O)(=O)c1ccc2c(c1)OCCO2. The summed E-state index contributed by atoms with van der Waals surface area (Å²) in [5, 5.41) is 0. The summed E-state index contributed by atoms with van der Waals surface area (Å²) in [6.07, 6.45) is 0. The molecule has 3 aromatic rings. The number of rotatable bonds is 2. The molecule has 0 unspecified atom stereocenters. The van der Waals surface area contributed by atoms with Crippen molar-refractivity contribution in [3.8, 4) is 11.5 Å². The number of fused-ring (bicyclic) bond motifs is 2. The van der Waals surface area contributed by atoms with Crippen molar-refractivity contribution >= 4 is 26.7 Å². The van der Waals surface area contributed by atoms with Crippen LogP contribution < -0.4 is 20.9 Å². The van der Waals surface area contributed by atoms with Gasteiger partial charge in [-0.2, -0.15) is 3.97 Å². The van der Waals surface area contributed by atoms with Crippen LogP contribution in [0.25, 0.3) is 11.0 Å². The third kappa shape index (κ3) is 2.13. The van der Waals surface area contributed by atoms with Crippen LogP contribution in [0.3, 0.4) is 0 Å². The molecular weight excluding hydrogens is 334 g/mol. The molecule has 2 aromatic carbocycles. The van der Waals surface area contributed by atoms with Crippen LogP contribution in [0.4, 0.5) is 5.69 Å². The number of nitrogens with two attached hydrogens (primary N) is 1. The minimum absolute atomic E-state index is 0.0634. The van der Waals surface area contributed by atoms with Crippen molar-refractivity contribution in [2.45, 2.75) is 4.90 Å². The maximum absolute atomic E-state index is 12.9. The summed E-state index contributed by atoms with van der Waals surface area (Å²) in [7, 11) is -4.10. The van der Waals surface area contributed by atoms with Gasteiger partial charge in [0.1, 0.15) is 13.2 Å². The van der Waals surface area contributed by atoms with Crippen LogP contribution in [0.15, 0.2) is 46.1 Å². The lowest BCUT2D eigenvalue weighted by atomic mass is 10.3. The quantitative estimate of drug-likeness (QED) is 0.666. The number of benzene rings is 2. The van der Waals surface area contributed by atoms with E-state index in [0.29, 0.717) is 39.9 Å². The maximum Gasteiger partial charge on any atom is 0.340 e. The molecule has 0 spiro atoms. The lowest BCUT2D eigenvalue weighted by molar-refractivity contribution is 0.171. The van der Waals surface area contributed by atoms with Crippen LogP contribution in [0, 0.1) is 0 Å². The first-order valence-electron chi connectivity index (χ1n) is 7.12. The third-order valence-electron chi connectivity index (χ3n) is 3.72. The Morgan fingerprint density at radius 3 is 2.58 bits per heavy atom. The normalized spacial score (nSPS) is 14.0. The molecular formula is C15H13N3O5S. The first-order chi connectivity index (χ1) is 11.5. The summed E-state index contributed by atoms with van der Waals surface area (Å²) in [6.45, 7) is 0.741. The zero-order chi connectivity index (χ0) is 16.9. The van der Waals surface area contributed by atoms with Gasteiger partial charge in [0.15, 0.2) is 11.5 Å². The summed E-state index contributed by atoms with van der Waals surface area (Å²) in [5.74, 6) is 0.804. The Hall–Kier alpha value is -2.94. The highest BCUT2D eigenvalue weighted by atomic mass is 32.2. The Balaban J connectivity index is 1.93. The zero-order valence-electron chi connectivity index (χ0n) is 12.4. The third-order valence-corrected chi connectivity index (χ3v) is 5.41. The van der Waals surface area contributed by atoms with E-state index in [1.54, 1.807) is 0 Å². The number of H-pyrrole nitrogens is 1. The molecule has 0 amide bonds. The van der Waals surface area contributed by atoms with E-state index >= 15 is 0 Å². The minimum atomic E-state index is -4.10. The van der Waals surface area contributed by atoms with E-state index < -0.39 is 15.7 Å². The highest BCUT2D eigenvalue weighted by molar-refractivity contribution is 7.90. The van der Waals surface area contributed by atoms with Gasteiger partial charge in [0.2, 0.25) is 0 Å². The smallest absolute Gasteiger partial charge is 0.340 e. The molecule has 1 aliphatic heterocycles. The molecule has 2 heterocycles. The highest BCUT2D eigenvalue weighted by Gasteiger charge is 2.25. The van der Waals surface area contributed by atoms with Gasteiger partial charge in [-0.05, 0) is 30.3 Å². The van der Waals surface area contributed by atoms with E-state index in [2.05, 4.69) is 4.98 Å². The number of nitrogens with zero attached hydrogens (tertiary/aromatic N) is 1. The number of ether oxygens (including phenoxy) is 2. The summed E-state index contributed by atoms with van der Waals surface area (Å²) in [6, 6.07) is 8.77. The lowest BCUT2D eigenvalue weighted by Crippen LogP contribution is -2.25. The van der Waals surface area contributed by atoms with E-state index in [0.717, 1.165) is 0 Å². The molecule has 8 nitrogen and oxygen atoms in total. The Bertz CT molecular complexity index is 1110. The van der Waals surface area contributed by atoms with Crippen LogP contribution in [-0.4, -0.2) is 30.6 Å². The molecule has 0 aliphatic carbocycles. The van der Waals surface area contributed by atoms with Gasteiger partial charge in [0.25, 0.3) is 10.0 Å². The molecule has 0 fully saturated rings. The molecule has 4 rings (SSSR count). The molecule has 24 heavy (non-hydrogen) atoms. The fraction of sp³-hybridized carbons (Fsp3) is 0.133. The Morgan fingerprint density at radius 2 is 1.79 bits per heavy atom. The molecule has 1 aliphatic rings. The van der Waals surface area contributed by atoms with Crippen LogP contribution in [0.2, 0.25) is 0 Å².